The van der Waals surface area contributed by atoms with E-state index in [9.17, 15) is 10.2 Å². The number of hydrogen-bond acceptors (Lipinski definition) is 8. The van der Waals surface area contributed by atoms with Crippen LogP contribution in [0.2, 0.25) is 0 Å². The zero-order chi connectivity index (χ0) is 44.5. The summed E-state index contributed by atoms with van der Waals surface area (Å²) in [5.41, 5.74) is 0.824. The Bertz CT molecular complexity index is 1530. The molecule has 2 N–H and O–H groups in total. The molecule has 0 radical (unpaired) electrons. The lowest BCUT2D eigenvalue weighted by molar-refractivity contribution is -0.929. The van der Waals surface area contributed by atoms with Crippen molar-refractivity contribution in [2.75, 3.05) is 52.4 Å². The van der Waals surface area contributed by atoms with Crippen molar-refractivity contribution in [1.29, 1.82) is 0 Å². The molecule has 0 fully saturated rings. The predicted molar refractivity (Wildman–Crippen MR) is 252 cm³/mol. The van der Waals surface area contributed by atoms with Crippen LogP contribution in [0.15, 0.2) is 57.4 Å². The van der Waals surface area contributed by atoms with Gasteiger partial charge in [0.15, 0.2) is 0 Å². The first-order valence-corrected chi connectivity index (χ1v) is 24.2. The first-order chi connectivity index (χ1) is 29.0. The quantitative estimate of drug-likeness (QED) is 0.0471. The molecule has 340 valence electrons. The fourth-order valence-corrected chi connectivity index (χ4v) is 7.52. The number of nitrogens with one attached hydrogen (secondary N) is 2. The Morgan fingerprint density at radius 1 is 0.433 bits per heavy atom. The van der Waals surface area contributed by atoms with Crippen LogP contribution < -0.4 is 10.2 Å². The van der Waals surface area contributed by atoms with Crippen molar-refractivity contribution in [3.05, 3.63) is 58.2 Å². The van der Waals surface area contributed by atoms with Crippen LogP contribution in [0, 0.1) is 9.67 Å². The maximum absolute atomic E-state index is 11.3. The fraction of sp³-hybridized carbons (Fsp3) is 0.667. The first-order valence-electron chi connectivity index (χ1n) is 23.4. The van der Waals surface area contributed by atoms with Crippen LogP contribution in [0.3, 0.4) is 0 Å². The average Bonchev–Trinajstić information content (AvgIpc) is 3.91. The van der Waals surface area contributed by atoms with Crippen LogP contribution in [0.5, 0.6) is 11.5 Å². The average molecular weight is 871 g/mol. The van der Waals surface area contributed by atoms with Crippen LogP contribution in [0.25, 0.3) is 22.9 Å². The third-order valence-electron chi connectivity index (χ3n) is 11.0. The number of aromatic amines is 2. The molecule has 0 saturated heterocycles. The second-order valence-corrected chi connectivity index (χ2v) is 16.9. The number of H-pyrrole nitrogens is 2. The van der Waals surface area contributed by atoms with Gasteiger partial charge in [-0.1, -0.05) is 167 Å². The molecule has 0 bridgehead atoms. The largest absolute Gasteiger partial charge is 0.872 e. The molecule has 0 spiro atoms. The number of rotatable bonds is 26. The second kappa shape index (κ2) is 33.3. The van der Waals surface area contributed by atoms with Crippen molar-refractivity contribution in [3.8, 4) is 34.4 Å². The van der Waals surface area contributed by atoms with Crippen molar-refractivity contribution in [2.24, 2.45) is 0 Å². The molecule has 10 nitrogen and oxygen atoms in total. The van der Waals surface area contributed by atoms with Gasteiger partial charge in [0.2, 0.25) is 11.8 Å². The summed E-state index contributed by atoms with van der Waals surface area (Å²) in [5.74, 6) is 0.201. The molecule has 2 aromatic heterocycles. The van der Waals surface area contributed by atoms with Gasteiger partial charge in [0.1, 0.15) is 0 Å². The van der Waals surface area contributed by atoms with Crippen LogP contribution in [-0.2, 0) is 0 Å². The molecule has 2 aromatic carbocycles. The number of hydrogen-bond donors (Lipinski definition) is 2. The van der Waals surface area contributed by atoms with Crippen molar-refractivity contribution in [2.45, 2.75) is 158 Å². The lowest BCUT2D eigenvalue weighted by Crippen LogP contribution is -2.50. The summed E-state index contributed by atoms with van der Waals surface area (Å²) in [7, 11) is 0. The van der Waals surface area contributed by atoms with Crippen molar-refractivity contribution in [3.63, 3.8) is 0 Å². The molecule has 0 aliphatic carbocycles. The minimum absolute atomic E-state index is 0.132. The second-order valence-electron chi connectivity index (χ2n) is 16.1. The van der Waals surface area contributed by atoms with E-state index in [1.54, 1.807) is 36.4 Å². The maximum Gasteiger partial charge on any atom is 0.284 e. The zero-order valence-electron chi connectivity index (χ0n) is 38.8. The lowest BCUT2D eigenvalue weighted by atomic mass is 10.1. The molecule has 0 aliphatic heterocycles. The molecular weight excluding hydrogens is 789 g/mol. The highest BCUT2D eigenvalue weighted by Crippen LogP contribution is 2.25. The van der Waals surface area contributed by atoms with Gasteiger partial charge in [-0.15, -0.1) is 10.2 Å². The normalized spacial score (nSPS) is 11.2. The molecule has 2 heterocycles. The van der Waals surface area contributed by atoms with E-state index >= 15 is 0 Å². The summed E-state index contributed by atoms with van der Waals surface area (Å²) in [6.07, 6.45) is 22.1. The number of quaternary nitrogens is 2. The van der Waals surface area contributed by atoms with Crippen LogP contribution >= 0.6 is 24.4 Å². The van der Waals surface area contributed by atoms with Gasteiger partial charge in [0.05, 0.1) is 52.4 Å². The number of nitrogens with zero attached hydrogens (tertiary/aromatic N) is 4. The molecule has 0 saturated carbocycles. The number of unbranched alkanes of at least 4 members (excludes halogenated alkanes) is 8. The Morgan fingerprint density at radius 2 is 0.667 bits per heavy atom. The van der Waals surface area contributed by atoms with E-state index in [1.165, 1.54) is 176 Å². The summed E-state index contributed by atoms with van der Waals surface area (Å²) in [6, 6.07) is 13.0. The Balaban J connectivity index is 0.000000402. The molecule has 0 unspecified atom stereocenters. The summed E-state index contributed by atoms with van der Waals surface area (Å²) < 4.78 is 12.8. The Morgan fingerprint density at radius 3 is 0.850 bits per heavy atom. The van der Waals surface area contributed by atoms with E-state index in [0.717, 1.165) is 0 Å². The first kappa shape index (κ1) is 54.7. The maximum atomic E-state index is 11.3. The van der Waals surface area contributed by atoms with Crippen molar-refractivity contribution >= 4 is 24.4 Å². The van der Waals surface area contributed by atoms with E-state index < -0.39 is 0 Å². The number of aromatic nitrogens is 4. The number of benzene rings is 2. The highest BCUT2D eigenvalue weighted by molar-refractivity contribution is 7.71. The fourth-order valence-electron chi connectivity index (χ4n) is 7.27. The third kappa shape index (κ3) is 22.0. The molecule has 0 atom stereocenters. The Hall–Kier alpha value is -3.32. The van der Waals surface area contributed by atoms with Gasteiger partial charge < -0.3 is 28.0 Å². The van der Waals surface area contributed by atoms with Gasteiger partial charge in [-0.25, -0.2) is 10.2 Å². The summed E-state index contributed by atoms with van der Waals surface area (Å²) in [5, 5.41) is 35.0. The topological polar surface area (TPSA) is 130 Å². The van der Waals surface area contributed by atoms with Crippen LogP contribution in [0.1, 0.15) is 158 Å². The molecule has 60 heavy (non-hydrogen) atoms. The molecular formula is C48H82N6O4S2. The highest BCUT2D eigenvalue weighted by atomic mass is 32.1. The SMILES string of the molecule is CCCC[N+](CCCC)(CCCC)CCCC.CCCC[N+](CCCC)(CCCC)CCCC.[O-]c1ccccc1-c1n[nH]c(=S)o1.[O-]c1ccccc1-c1n[nH]c(=S)o1. The Labute approximate surface area is 374 Å². The summed E-state index contributed by atoms with van der Waals surface area (Å²) in [4.78, 5) is 0.330. The highest BCUT2D eigenvalue weighted by Gasteiger charge is 2.25. The monoisotopic (exact) mass is 871 g/mol. The van der Waals surface area contributed by atoms with E-state index in [2.05, 4.69) is 100 Å². The van der Waals surface area contributed by atoms with E-state index in [4.69, 9.17) is 8.83 Å². The van der Waals surface area contributed by atoms with E-state index in [0.29, 0.717) is 11.1 Å². The van der Waals surface area contributed by atoms with Crippen molar-refractivity contribution < 1.29 is 28.0 Å². The Kier molecular flexibility index (Phi) is 30.4. The zero-order valence-corrected chi connectivity index (χ0v) is 40.5. The molecule has 4 rings (SSSR count). The van der Waals surface area contributed by atoms with Crippen LogP contribution in [0.4, 0.5) is 0 Å². The van der Waals surface area contributed by atoms with Gasteiger partial charge in [0.25, 0.3) is 9.67 Å². The minimum atomic E-state index is -0.132. The third-order valence-corrected chi connectivity index (χ3v) is 11.3. The molecule has 12 heteroatoms. The van der Waals surface area contributed by atoms with Gasteiger partial charge in [-0.3, -0.25) is 0 Å². The van der Waals surface area contributed by atoms with Crippen molar-refractivity contribution in [1.82, 2.24) is 20.4 Å². The summed E-state index contributed by atoms with van der Waals surface area (Å²) in [6.45, 7) is 30.0. The molecule has 4 aromatic rings. The van der Waals surface area contributed by atoms with Crippen LogP contribution in [-0.4, -0.2) is 81.7 Å². The van der Waals surface area contributed by atoms with Gasteiger partial charge in [0, 0.05) is 11.1 Å². The summed E-state index contributed by atoms with van der Waals surface area (Å²) >= 11 is 9.38. The van der Waals surface area contributed by atoms with Gasteiger partial charge >= 0.3 is 0 Å². The van der Waals surface area contributed by atoms with Gasteiger partial charge in [-0.2, -0.15) is 0 Å². The minimum Gasteiger partial charge on any atom is -0.872 e. The molecule has 0 aliphatic rings. The van der Waals surface area contributed by atoms with E-state index in [1.807, 2.05) is 0 Å². The van der Waals surface area contributed by atoms with Gasteiger partial charge in [-0.05, 0) is 75.8 Å². The van der Waals surface area contributed by atoms with E-state index in [-0.39, 0.29) is 33.0 Å². The smallest absolute Gasteiger partial charge is 0.284 e. The standard InChI is InChI=1S/2C16H36N.2C8H6N2O2S/c2*1-5-9-13-17(14-10-6-2,15-11-7-3)16-12-8-4;2*11-6-4-2-1-3-5(6)7-9-10-8(13)12-7/h2*5-16H2,1-4H3;2*1-4,11H,(H,10,13)/q2*+1;;/p-2. The number of para-hydroxylation sites is 2. The lowest BCUT2D eigenvalue weighted by Gasteiger charge is -2.39. The predicted octanol–water partition coefficient (Wildman–Crippen LogP) is 13.0. The molecule has 0 amide bonds.